The van der Waals surface area contributed by atoms with Crippen LogP contribution in [0.5, 0.6) is 0 Å². The number of carbonyl (C=O) groups is 1. The van der Waals surface area contributed by atoms with Crippen molar-refractivity contribution < 1.29 is 13.2 Å². The monoisotopic (exact) mass is 319 g/mol. The fourth-order valence-corrected chi connectivity index (χ4v) is 3.52. The molecule has 1 saturated heterocycles. The van der Waals surface area contributed by atoms with E-state index in [1.165, 1.54) is 34.0 Å². The van der Waals surface area contributed by atoms with Gasteiger partial charge in [0.05, 0.1) is 0 Å². The molecule has 0 bridgehead atoms. The lowest BCUT2D eigenvalue weighted by Gasteiger charge is -2.34. The lowest BCUT2D eigenvalue weighted by molar-refractivity contribution is 0.0690. The minimum Gasteiger partial charge on any atom is -0.375 e. The predicted octanol–water partition coefficient (Wildman–Crippen LogP) is -0.710. The fourth-order valence-electron chi connectivity index (χ4n) is 1.90. The SMILES string of the molecule is CN(C)S(=O)(=O)N1CCN(C(=O)c2csc(N)n2)CC1. The van der Waals surface area contributed by atoms with Crippen LogP contribution in [0.3, 0.4) is 0 Å². The molecule has 2 heterocycles. The summed E-state index contributed by atoms with van der Waals surface area (Å²) in [6, 6.07) is 0. The summed E-state index contributed by atoms with van der Waals surface area (Å²) in [6.07, 6.45) is 0. The van der Waals surface area contributed by atoms with Gasteiger partial charge in [0.15, 0.2) is 5.13 Å². The second-order valence-corrected chi connectivity index (χ2v) is 7.58. The van der Waals surface area contributed by atoms with E-state index in [9.17, 15) is 13.2 Å². The van der Waals surface area contributed by atoms with Crippen LogP contribution in [0.1, 0.15) is 10.5 Å². The quantitative estimate of drug-likeness (QED) is 0.793. The zero-order chi connectivity index (χ0) is 14.9. The minimum absolute atomic E-state index is 0.208. The van der Waals surface area contributed by atoms with Gasteiger partial charge < -0.3 is 10.6 Å². The number of amides is 1. The highest BCUT2D eigenvalue weighted by molar-refractivity contribution is 7.86. The molecule has 8 nitrogen and oxygen atoms in total. The van der Waals surface area contributed by atoms with Gasteiger partial charge in [0.25, 0.3) is 16.1 Å². The predicted molar refractivity (Wildman–Crippen MR) is 76.6 cm³/mol. The molecule has 1 aliphatic rings. The number of anilines is 1. The Bertz CT molecular complexity index is 590. The minimum atomic E-state index is -3.41. The Hall–Kier alpha value is -1.23. The summed E-state index contributed by atoms with van der Waals surface area (Å²) < 4.78 is 26.5. The number of nitrogens with two attached hydrogens (primary N) is 1. The van der Waals surface area contributed by atoms with Gasteiger partial charge in [-0.2, -0.15) is 17.0 Å². The standard InChI is InChI=1S/C10H17N5O3S2/c1-13(2)20(17,18)15-5-3-14(4-6-15)9(16)8-7-19-10(11)12-8/h7H,3-6H2,1-2H3,(H2,11,12). The lowest BCUT2D eigenvalue weighted by Crippen LogP contribution is -2.53. The van der Waals surface area contributed by atoms with Crippen molar-refractivity contribution in [3.05, 3.63) is 11.1 Å². The molecule has 1 fully saturated rings. The van der Waals surface area contributed by atoms with Crippen molar-refractivity contribution in [1.82, 2.24) is 18.5 Å². The molecule has 0 aliphatic carbocycles. The normalized spacial score (nSPS) is 17.6. The summed E-state index contributed by atoms with van der Waals surface area (Å²) in [7, 11) is -0.432. The Labute approximate surface area is 122 Å². The zero-order valence-electron chi connectivity index (χ0n) is 11.3. The van der Waals surface area contributed by atoms with Crippen molar-refractivity contribution in [2.45, 2.75) is 0 Å². The molecule has 2 rings (SSSR count). The van der Waals surface area contributed by atoms with E-state index in [1.807, 2.05) is 0 Å². The molecule has 10 heteroatoms. The Balaban J connectivity index is 2.00. The number of nitrogens with zero attached hydrogens (tertiary/aromatic N) is 4. The zero-order valence-corrected chi connectivity index (χ0v) is 12.9. The third kappa shape index (κ3) is 2.92. The van der Waals surface area contributed by atoms with Crippen molar-refractivity contribution in [3.8, 4) is 0 Å². The van der Waals surface area contributed by atoms with Gasteiger partial charge in [-0.15, -0.1) is 11.3 Å². The molecule has 0 atom stereocenters. The molecule has 0 spiro atoms. The molecule has 0 aromatic carbocycles. The maximum atomic E-state index is 12.1. The summed E-state index contributed by atoms with van der Waals surface area (Å²) in [5.41, 5.74) is 5.82. The first kappa shape index (κ1) is 15.2. The van der Waals surface area contributed by atoms with Crippen LogP contribution in [0.2, 0.25) is 0 Å². The van der Waals surface area contributed by atoms with Crippen molar-refractivity contribution in [2.75, 3.05) is 46.0 Å². The second kappa shape index (κ2) is 5.64. The van der Waals surface area contributed by atoms with Gasteiger partial charge in [0.2, 0.25) is 0 Å². The summed E-state index contributed by atoms with van der Waals surface area (Å²) >= 11 is 1.21. The van der Waals surface area contributed by atoms with E-state index in [-0.39, 0.29) is 19.0 Å². The Morgan fingerprint density at radius 1 is 1.35 bits per heavy atom. The van der Waals surface area contributed by atoms with Crippen molar-refractivity contribution in [3.63, 3.8) is 0 Å². The highest BCUT2D eigenvalue weighted by Crippen LogP contribution is 2.15. The molecular weight excluding hydrogens is 302 g/mol. The molecule has 2 N–H and O–H groups in total. The van der Waals surface area contributed by atoms with Gasteiger partial charge in [-0.1, -0.05) is 0 Å². The molecule has 0 unspecified atom stereocenters. The van der Waals surface area contributed by atoms with Gasteiger partial charge in [-0.25, -0.2) is 4.98 Å². The maximum Gasteiger partial charge on any atom is 0.281 e. The van der Waals surface area contributed by atoms with Gasteiger partial charge in [-0.3, -0.25) is 4.79 Å². The van der Waals surface area contributed by atoms with E-state index < -0.39 is 10.2 Å². The molecule has 1 aromatic heterocycles. The molecule has 112 valence electrons. The number of hydrogen-bond acceptors (Lipinski definition) is 6. The Morgan fingerprint density at radius 3 is 2.40 bits per heavy atom. The van der Waals surface area contributed by atoms with Crippen LogP contribution >= 0.6 is 11.3 Å². The maximum absolute atomic E-state index is 12.1. The number of rotatable bonds is 3. The molecule has 20 heavy (non-hydrogen) atoms. The van der Waals surface area contributed by atoms with Crippen molar-refractivity contribution in [2.24, 2.45) is 0 Å². The Kier molecular flexibility index (Phi) is 4.28. The third-order valence-electron chi connectivity index (χ3n) is 3.05. The lowest BCUT2D eigenvalue weighted by atomic mass is 10.3. The van der Waals surface area contributed by atoms with Gasteiger partial charge in [-0.05, 0) is 0 Å². The first-order chi connectivity index (χ1) is 9.32. The first-order valence-electron chi connectivity index (χ1n) is 6.00. The van der Waals surface area contributed by atoms with Gasteiger partial charge >= 0.3 is 0 Å². The average molecular weight is 319 g/mol. The summed E-state index contributed by atoms with van der Waals surface area (Å²) in [6.45, 7) is 1.27. The number of carbonyl (C=O) groups excluding carboxylic acids is 1. The Morgan fingerprint density at radius 2 is 1.95 bits per heavy atom. The summed E-state index contributed by atoms with van der Waals surface area (Å²) in [5.74, 6) is -0.208. The molecule has 0 radical (unpaired) electrons. The fraction of sp³-hybridized carbons (Fsp3) is 0.600. The molecule has 1 amide bonds. The van der Waals surface area contributed by atoms with Crippen LogP contribution in [-0.2, 0) is 10.2 Å². The van der Waals surface area contributed by atoms with E-state index in [1.54, 1.807) is 10.3 Å². The summed E-state index contributed by atoms with van der Waals surface area (Å²) in [4.78, 5) is 17.7. The first-order valence-corrected chi connectivity index (χ1v) is 8.28. The number of thiazole rings is 1. The number of nitrogen functional groups attached to an aromatic ring is 1. The molecule has 1 aromatic rings. The smallest absolute Gasteiger partial charge is 0.281 e. The largest absolute Gasteiger partial charge is 0.375 e. The van der Waals surface area contributed by atoms with E-state index in [4.69, 9.17) is 5.73 Å². The topological polar surface area (TPSA) is 99.8 Å². The van der Waals surface area contributed by atoms with Gasteiger partial charge in [0.1, 0.15) is 5.69 Å². The van der Waals surface area contributed by atoms with Crippen molar-refractivity contribution in [1.29, 1.82) is 0 Å². The van der Waals surface area contributed by atoms with Crippen LogP contribution in [0.15, 0.2) is 5.38 Å². The summed E-state index contributed by atoms with van der Waals surface area (Å²) in [5, 5.41) is 1.96. The van der Waals surface area contributed by atoms with Crippen LogP contribution < -0.4 is 5.73 Å². The molecule has 1 aliphatic heterocycles. The number of aromatic nitrogens is 1. The number of piperazine rings is 1. The highest BCUT2D eigenvalue weighted by Gasteiger charge is 2.31. The molecule has 0 saturated carbocycles. The third-order valence-corrected chi connectivity index (χ3v) is 5.67. The molecular formula is C10H17N5O3S2. The van der Waals surface area contributed by atoms with Crippen LogP contribution in [0, 0.1) is 0 Å². The van der Waals surface area contributed by atoms with E-state index in [0.29, 0.717) is 23.9 Å². The second-order valence-electron chi connectivity index (χ2n) is 4.55. The van der Waals surface area contributed by atoms with Crippen LogP contribution in [0.4, 0.5) is 5.13 Å². The van der Waals surface area contributed by atoms with Gasteiger partial charge in [0, 0.05) is 45.7 Å². The van der Waals surface area contributed by atoms with Crippen molar-refractivity contribution >= 4 is 32.6 Å². The van der Waals surface area contributed by atoms with Crippen LogP contribution in [-0.4, -0.2) is 73.1 Å². The number of hydrogen-bond donors (Lipinski definition) is 1. The average Bonchev–Trinajstić information content (AvgIpc) is 2.84. The van der Waals surface area contributed by atoms with E-state index in [0.717, 1.165) is 0 Å². The highest BCUT2D eigenvalue weighted by atomic mass is 32.2. The van der Waals surface area contributed by atoms with Crippen LogP contribution in [0.25, 0.3) is 0 Å². The van der Waals surface area contributed by atoms with E-state index >= 15 is 0 Å². The van der Waals surface area contributed by atoms with E-state index in [2.05, 4.69) is 4.98 Å².